The molecule has 1 saturated carbocycles. The average Bonchev–Trinajstić information content (AvgIpc) is 3.11. The summed E-state index contributed by atoms with van der Waals surface area (Å²) in [6.07, 6.45) is 8.20. The molecule has 4 heteroatoms. The molecule has 116 valence electrons. The van der Waals surface area contributed by atoms with Gasteiger partial charge in [-0.15, -0.1) is 0 Å². The van der Waals surface area contributed by atoms with E-state index in [1.807, 2.05) is 0 Å². The highest BCUT2D eigenvalue weighted by atomic mass is 35.5. The molecule has 3 rings (SSSR count). The van der Waals surface area contributed by atoms with Crippen LogP contribution in [0.25, 0.3) is 0 Å². The third-order valence-electron chi connectivity index (χ3n) is 5.35. The van der Waals surface area contributed by atoms with Crippen molar-refractivity contribution in [3.63, 3.8) is 0 Å². The predicted molar refractivity (Wildman–Crippen MR) is 85.1 cm³/mol. The fourth-order valence-electron chi connectivity index (χ4n) is 4.19. The second-order valence-electron chi connectivity index (χ2n) is 6.55. The SMILES string of the molecule is NC(Cc1ccc(F)cc1Cl)C1(N2CCCC2)CCCC1. The minimum absolute atomic E-state index is 0.0704. The number of nitrogens with zero attached hydrogens (tertiary/aromatic N) is 1. The van der Waals surface area contributed by atoms with E-state index < -0.39 is 0 Å². The summed E-state index contributed by atoms with van der Waals surface area (Å²) in [5.74, 6) is -0.285. The Hall–Kier alpha value is -0.640. The van der Waals surface area contributed by atoms with Gasteiger partial charge in [-0.3, -0.25) is 4.90 Å². The molecule has 0 bridgehead atoms. The molecule has 0 spiro atoms. The second kappa shape index (κ2) is 6.23. The van der Waals surface area contributed by atoms with Gasteiger partial charge in [0.1, 0.15) is 5.82 Å². The molecule has 1 aliphatic carbocycles. The molecule has 2 nitrogen and oxygen atoms in total. The van der Waals surface area contributed by atoms with Gasteiger partial charge in [0.15, 0.2) is 0 Å². The lowest BCUT2D eigenvalue weighted by Crippen LogP contribution is -2.58. The summed E-state index contributed by atoms with van der Waals surface area (Å²) in [5.41, 5.74) is 7.74. The van der Waals surface area contributed by atoms with E-state index in [1.165, 1.54) is 63.7 Å². The van der Waals surface area contributed by atoms with E-state index in [4.69, 9.17) is 17.3 Å². The van der Waals surface area contributed by atoms with Crippen molar-refractivity contribution in [2.45, 2.75) is 56.5 Å². The molecule has 21 heavy (non-hydrogen) atoms. The van der Waals surface area contributed by atoms with Gasteiger partial charge in [-0.05, 0) is 62.9 Å². The predicted octanol–water partition coefficient (Wildman–Crippen LogP) is 3.76. The fraction of sp³-hybridized carbons (Fsp3) is 0.647. The van der Waals surface area contributed by atoms with E-state index in [0.717, 1.165) is 12.0 Å². The average molecular weight is 311 g/mol. The Bertz CT molecular complexity index is 494. The molecular formula is C17H24ClFN2. The molecule has 0 radical (unpaired) electrons. The Morgan fingerprint density at radius 1 is 1.19 bits per heavy atom. The van der Waals surface area contributed by atoms with Crippen LogP contribution >= 0.6 is 11.6 Å². The van der Waals surface area contributed by atoms with Crippen LogP contribution in [0.4, 0.5) is 4.39 Å². The van der Waals surface area contributed by atoms with Crippen LogP contribution in [0, 0.1) is 5.82 Å². The van der Waals surface area contributed by atoms with Crippen molar-refractivity contribution in [3.05, 3.63) is 34.6 Å². The van der Waals surface area contributed by atoms with Crippen LogP contribution in [0.3, 0.4) is 0 Å². The highest BCUT2D eigenvalue weighted by Crippen LogP contribution is 2.40. The normalized spacial score (nSPS) is 23.6. The monoisotopic (exact) mass is 310 g/mol. The van der Waals surface area contributed by atoms with Gasteiger partial charge in [0.2, 0.25) is 0 Å². The van der Waals surface area contributed by atoms with E-state index in [-0.39, 0.29) is 17.4 Å². The lowest BCUT2D eigenvalue weighted by molar-refractivity contribution is 0.0921. The van der Waals surface area contributed by atoms with Gasteiger partial charge in [0.25, 0.3) is 0 Å². The van der Waals surface area contributed by atoms with Crippen molar-refractivity contribution >= 4 is 11.6 Å². The maximum atomic E-state index is 13.2. The molecular weight excluding hydrogens is 287 g/mol. The van der Waals surface area contributed by atoms with Gasteiger partial charge in [-0.1, -0.05) is 30.5 Å². The Balaban J connectivity index is 1.79. The smallest absolute Gasteiger partial charge is 0.124 e. The molecule has 1 aromatic rings. The van der Waals surface area contributed by atoms with E-state index in [0.29, 0.717) is 5.02 Å². The molecule has 1 heterocycles. The van der Waals surface area contributed by atoms with Crippen LogP contribution in [-0.4, -0.2) is 29.6 Å². The van der Waals surface area contributed by atoms with Gasteiger partial charge in [-0.2, -0.15) is 0 Å². The van der Waals surface area contributed by atoms with Crippen LogP contribution < -0.4 is 5.73 Å². The van der Waals surface area contributed by atoms with E-state index in [2.05, 4.69) is 4.90 Å². The third kappa shape index (κ3) is 2.96. The molecule has 1 aliphatic heterocycles. The van der Waals surface area contributed by atoms with Crippen LogP contribution in [0.2, 0.25) is 5.02 Å². The fourth-order valence-corrected chi connectivity index (χ4v) is 4.43. The van der Waals surface area contributed by atoms with Gasteiger partial charge < -0.3 is 5.73 Å². The van der Waals surface area contributed by atoms with Crippen molar-refractivity contribution in [1.29, 1.82) is 0 Å². The topological polar surface area (TPSA) is 29.3 Å². The molecule has 1 atom stereocenters. The van der Waals surface area contributed by atoms with E-state index in [9.17, 15) is 4.39 Å². The summed E-state index contributed by atoms with van der Waals surface area (Å²) in [7, 11) is 0. The minimum atomic E-state index is -0.285. The van der Waals surface area contributed by atoms with Crippen molar-refractivity contribution in [3.8, 4) is 0 Å². The summed E-state index contributed by atoms with van der Waals surface area (Å²) < 4.78 is 13.2. The van der Waals surface area contributed by atoms with Crippen LogP contribution in [0.15, 0.2) is 18.2 Å². The van der Waals surface area contributed by atoms with Crippen LogP contribution in [0.1, 0.15) is 44.1 Å². The lowest BCUT2D eigenvalue weighted by atomic mass is 9.83. The summed E-state index contributed by atoms with van der Waals surface area (Å²) in [4.78, 5) is 2.61. The summed E-state index contributed by atoms with van der Waals surface area (Å²) in [5, 5.41) is 0.500. The van der Waals surface area contributed by atoms with Crippen molar-refractivity contribution in [2.24, 2.45) is 5.73 Å². The van der Waals surface area contributed by atoms with Gasteiger partial charge in [-0.25, -0.2) is 4.39 Å². The summed E-state index contributed by atoms with van der Waals surface area (Å²) in [6.45, 7) is 2.34. The first-order valence-corrected chi connectivity index (χ1v) is 8.44. The first-order valence-electron chi connectivity index (χ1n) is 8.06. The lowest BCUT2D eigenvalue weighted by Gasteiger charge is -2.43. The number of nitrogens with two attached hydrogens (primary N) is 1. The van der Waals surface area contributed by atoms with Crippen LogP contribution in [-0.2, 0) is 6.42 Å². The third-order valence-corrected chi connectivity index (χ3v) is 5.70. The Morgan fingerprint density at radius 2 is 1.86 bits per heavy atom. The minimum Gasteiger partial charge on any atom is -0.326 e. The zero-order valence-corrected chi connectivity index (χ0v) is 13.2. The van der Waals surface area contributed by atoms with Crippen molar-refractivity contribution in [2.75, 3.05) is 13.1 Å². The maximum Gasteiger partial charge on any atom is 0.124 e. The molecule has 0 aromatic heterocycles. The zero-order chi connectivity index (χ0) is 14.9. The molecule has 2 aliphatic rings. The number of rotatable bonds is 4. The van der Waals surface area contributed by atoms with Gasteiger partial charge in [0.05, 0.1) is 0 Å². The van der Waals surface area contributed by atoms with Gasteiger partial charge >= 0.3 is 0 Å². The molecule has 1 saturated heterocycles. The van der Waals surface area contributed by atoms with Crippen LogP contribution in [0.5, 0.6) is 0 Å². The molecule has 1 unspecified atom stereocenters. The molecule has 0 amide bonds. The number of likely N-dealkylation sites (tertiary alicyclic amines) is 1. The second-order valence-corrected chi connectivity index (χ2v) is 6.96. The largest absolute Gasteiger partial charge is 0.326 e. The maximum absolute atomic E-state index is 13.2. The molecule has 2 N–H and O–H groups in total. The quantitative estimate of drug-likeness (QED) is 0.917. The number of halogens is 2. The number of hydrogen-bond acceptors (Lipinski definition) is 2. The first kappa shape index (κ1) is 15.3. The highest BCUT2D eigenvalue weighted by molar-refractivity contribution is 6.31. The molecule has 1 aromatic carbocycles. The van der Waals surface area contributed by atoms with Crippen molar-refractivity contribution in [1.82, 2.24) is 4.90 Å². The highest BCUT2D eigenvalue weighted by Gasteiger charge is 2.45. The van der Waals surface area contributed by atoms with Crippen molar-refractivity contribution < 1.29 is 4.39 Å². The zero-order valence-electron chi connectivity index (χ0n) is 12.5. The van der Waals surface area contributed by atoms with E-state index >= 15 is 0 Å². The Kier molecular flexibility index (Phi) is 4.53. The summed E-state index contributed by atoms with van der Waals surface area (Å²) >= 11 is 6.18. The standard InChI is InChI=1S/C17H24ClFN2/c18-15-12-14(19)6-5-13(15)11-16(20)17(7-1-2-8-17)21-9-3-4-10-21/h5-6,12,16H,1-4,7-11,20H2. The first-order chi connectivity index (χ1) is 10.1. The van der Waals surface area contributed by atoms with Gasteiger partial charge in [0, 0.05) is 16.6 Å². The van der Waals surface area contributed by atoms with E-state index in [1.54, 1.807) is 6.07 Å². The molecule has 2 fully saturated rings. The Morgan fingerprint density at radius 3 is 2.48 bits per heavy atom. The Labute approximate surface area is 131 Å². The summed E-state index contributed by atoms with van der Waals surface area (Å²) in [6, 6.07) is 4.72. The number of hydrogen-bond donors (Lipinski definition) is 1. The number of benzene rings is 1.